The van der Waals surface area contributed by atoms with Crippen molar-refractivity contribution in [2.45, 2.75) is 31.3 Å². The number of likely N-dealkylation sites (N-methyl/N-ethyl adjacent to an activating group) is 1. The third-order valence-corrected chi connectivity index (χ3v) is 4.64. The van der Waals surface area contributed by atoms with E-state index < -0.39 is 0 Å². The van der Waals surface area contributed by atoms with Crippen molar-refractivity contribution in [1.82, 2.24) is 20.1 Å². The highest BCUT2D eigenvalue weighted by Crippen LogP contribution is 2.29. The van der Waals surface area contributed by atoms with Crippen LogP contribution in [0.5, 0.6) is 0 Å². The third kappa shape index (κ3) is 2.81. The van der Waals surface area contributed by atoms with Crippen LogP contribution in [0.1, 0.15) is 19.3 Å². The molecule has 0 spiro atoms. The highest BCUT2D eigenvalue weighted by atomic mass is 32.1. The van der Waals surface area contributed by atoms with E-state index in [1.165, 1.54) is 19.3 Å². The molecule has 20 heavy (non-hydrogen) atoms. The minimum Gasteiger partial charge on any atom is -0.356 e. The largest absolute Gasteiger partial charge is 0.356 e. The van der Waals surface area contributed by atoms with Crippen molar-refractivity contribution in [3.05, 3.63) is 24.4 Å². The number of hydrogen-bond donors (Lipinski definition) is 1. The molecule has 0 radical (unpaired) electrons. The smallest absolute Gasteiger partial charge is 0.206 e. The van der Waals surface area contributed by atoms with Gasteiger partial charge in [0.1, 0.15) is 5.69 Å². The fourth-order valence-corrected chi connectivity index (χ4v) is 3.54. The van der Waals surface area contributed by atoms with Gasteiger partial charge < -0.3 is 10.2 Å². The van der Waals surface area contributed by atoms with Crippen LogP contribution >= 0.6 is 11.3 Å². The number of nitrogens with zero attached hydrogens (tertiary/aromatic N) is 4. The number of pyridine rings is 1. The van der Waals surface area contributed by atoms with Gasteiger partial charge >= 0.3 is 0 Å². The first-order valence-electron chi connectivity index (χ1n) is 6.92. The maximum atomic E-state index is 4.31. The molecule has 0 unspecified atom stereocenters. The Kier molecular flexibility index (Phi) is 3.93. The lowest BCUT2D eigenvalue weighted by Gasteiger charge is -2.26. The van der Waals surface area contributed by atoms with Crippen molar-refractivity contribution in [3.63, 3.8) is 0 Å². The van der Waals surface area contributed by atoms with E-state index >= 15 is 0 Å². The predicted molar refractivity (Wildman–Crippen MR) is 81.9 cm³/mol. The lowest BCUT2D eigenvalue weighted by Crippen LogP contribution is -2.39. The first kappa shape index (κ1) is 13.5. The van der Waals surface area contributed by atoms with Crippen LogP contribution in [0, 0.1) is 0 Å². The monoisotopic (exact) mass is 289 g/mol. The summed E-state index contributed by atoms with van der Waals surface area (Å²) >= 11 is 1.57. The number of aromatic nitrogens is 3. The maximum Gasteiger partial charge on any atom is 0.206 e. The number of hydrogen-bond acceptors (Lipinski definition) is 6. The van der Waals surface area contributed by atoms with Gasteiger partial charge in [0.15, 0.2) is 5.01 Å². The molecule has 0 saturated heterocycles. The third-order valence-electron chi connectivity index (χ3n) is 3.76. The quantitative estimate of drug-likeness (QED) is 0.937. The van der Waals surface area contributed by atoms with E-state index in [0.29, 0.717) is 12.1 Å². The lowest BCUT2D eigenvalue weighted by molar-refractivity contribution is 0.285. The maximum absolute atomic E-state index is 4.31. The Morgan fingerprint density at radius 3 is 2.90 bits per heavy atom. The fraction of sp³-hybridized carbons (Fsp3) is 0.500. The molecule has 2 atom stereocenters. The molecule has 1 aliphatic carbocycles. The van der Waals surface area contributed by atoms with Crippen LogP contribution in [-0.4, -0.2) is 46.3 Å². The first-order valence-corrected chi connectivity index (χ1v) is 7.73. The average molecular weight is 289 g/mol. The summed E-state index contributed by atoms with van der Waals surface area (Å²) in [5.74, 6) is 0. The van der Waals surface area contributed by atoms with Crippen LogP contribution in [-0.2, 0) is 0 Å². The molecular weight excluding hydrogens is 270 g/mol. The predicted octanol–water partition coefficient (Wildman–Crippen LogP) is 2.49. The van der Waals surface area contributed by atoms with E-state index in [9.17, 15) is 0 Å². The summed E-state index contributed by atoms with van der Waals surface area (Å²) in [6.45, 7) is 0. The summed E-state index contributed by atoms with van der Waals surface area (Å²) in [4.78, 5) is 6.61. The zero-order valence-corrected chi connectivity index (χ0v) is 12.6. The summed E-state index contributed by atoms with van der Waals surface area (Å²) in [7, 11) is 4.29. The van der Waals surface area contributed by atoms with Crippen LogP contribution in [0.4, 0.5) is 5.13 Å². The van der Waals surface area contributed by atoms with E-state index in [1.54, 1.807) is 17.5 Å². The summed E-state index contributed by atoms with van der Waals surface area (Å²) in [5, 5.41) is 13.8. The second-order valence-corrected chi connectivity index (χ2v) is 6.32. The minimum atomic E-state index is 0.467. The van der Waals surface area contributed by atoms with E-state index in [4.69, 9.17) is 0 Å². The molecular formula is C14H19N5S. The van der Waals surface area contributed by atoms with E-state index in [2.05, 4.69) is 39.5 Å². The van der Waals surface area contributed by atoms with Crippen molar-refractivity contribution in [2.75, 3.05) is 19.4 Å². The van der Waals surface area contributed by atoms with Gasteiger partial charge in [0.2, 0.25) is 5.13 Å². The molecule has 3 rings (SSSR count). The van der Waals surface area contributed by atoms with Gasteiger partial charge in [0.05, 0.1) is 0 Å². The molecule has 0 amide bonds. The SMILES string of the molecule is CN(C)[C@H]1CCC[C@@H]1Nc1nnc(-c2ccccn2)s1. The molecule has 0 bridgehead atoms. The van der Waals surface area contributed by atoms with Crippen molar-refractivity contribution in [3.8, 4) is 10.7 Å². The Labute approximate surface area is 123 Å². The van der Waals surface area contributed by atoms with Crippen molar-refractivity contribution < 1.29 is 0 Å². The topological polar surface area (TPSA) is 53.9 Å². The van der Waals surface area contributed by atoms with Gasteiger partial charge in [-0.3, -0.25) is 4.98 Å². The van der Waals surface area contributed by atoms with Crippen LogP contribution < -0.4 is 5.32 Å². The van der Waals surface area contributed by atoms with Gasteiger partial charge in [-0.1, -0.05) is 17.4 Å². The molecule has 1 fully saturated rings. The first-order chi connectivity index (χ1) is 9.74. The number of rotatable bonds is 4. The van der Waals surface area contributed by atoms with E-state index in [-0.39, 0.29) is 0 Å². The summed E-state index contributed by atoms with van der Waals surface area (Å²) < 4.78 is 0. The second-order valence-electron chi connectivity index (χ2n) is 5.34. The van der Waals surface area contributed by atoms with Crippen molar-refractivity contribution >= 4 is 16.5 Å². The second kappa shape index (κ2) is 5.85. The van der Waals surface area contributed by atoms with Gasteiger partial charge in [-0.2, -0.15) is 0 Å². The van der Waals surface area contributed by atoms with Crippen LogP contribution in [0.2, 0.25) is 0 Å². The lowest BCUT2D eigenvalue weighted by atomic mass is 10.1. The van der Waals surface area contributed by atoms with Crippen LogP contribution in [0.25, 0.3) is 10.7 Å². The van der Waals surface area contributed by atoms with Gasteiger partial charge in [-0.25, -0.2) is 0 Å². The van der Waals surface area contributed by atoms with Gasteiger partial charge in [-0.05, 0) is 45.5 Å². The zero-order valence-electron chi connectivity index (χ0n) is 11.8. The number of anilines is 1. The van der Waals surface area contributed by atoms with Gasteiger partial charge in [-0.15, -0.1) is 10.2 Å². The Bertz CT molecular complexity index is 554. The molecule has 5 nitrogen and oxygen atoms in total. The highest BCUT2D eigenvalue weighted by molar-refractivity contribution is 7.18. The molecule has 6 heteroatoms. The average Bonchev–Trinajstić information content (AvgIpc) is 3.09. The van der Waals surface area contributed by atoms with Crippen molar-refractivity contribution in [1.29, 1.82) is 0 Å². The Hall–Kier alpha value is -1.53. The molecule has 0 aromatic carbocycles. The number of nitrogens with one attached hydrogen (secondary N) is 1. The molecule has 2 heterocycles. The van der Waals surface area contributed by atoms with Gasteiger partial charge in [0, 0.05) is 18.3 Å². The Morgan fingerprint density at radius 1 is 1.25 bits per heavy atom. The molecule has 106 valence electrons. The summed E-state index contributed by atoms with van der Waals surface area (Å²) in [6.07, 6.45) is 5.49. The summed E-state index contributed by atoms with van der Waals surface area (Å²) in [5.41, 5.74) is 0.883. The van der Waals surface area contributed by atoms with Gasteiger partial charge in [0.25, 0.3) is 0 Å². The summed E-state index contributed by atoms with van der Waals surface area (Å²) in [6, 6.07) is 6.88. The van der Waals surface area contributed by atoms with Crippen LogP contribution in [0.3, 0.4) is 0 Å². The van der Waals surface area contributed by atoms with Crippen molar-refractivity contribution in [2.24, 2.45) is 0 Å². The Morgan fingerprint density at radius 2 is 2.15 bits per heavy atom. The fourth-order valence-electron chi connectivity index (χ4n) is 2.76. The minimum absolute atomic E-state index is 0.467. The molecule has 1 N–H and O–H groups in total. The normalized spacial score (nSPS) is 22.4. The Balaban J connectivity index is 1.72. The molecule has 2 aromatic rings. The molecule has 0 aliphatic heterocycles. The zero-order chi connectivity index (χ0) is 13.9. The highest BCUT2D eigenvalue weighted by Gasteiger charge is 2.29. The molecule has 1 saturated carbocycles. The molecule has 2 aromatic heterocycles. The van der Waals surface area contributed by atoms with E-state index in [0.717, 1.165) is 15.8 Å². The molecule has 1 aliphatic rings. The van der Waals surface area contributed by atoms with Crippen LogP contribution in [0.15, 0.2) is 24.4 Å². The standard InChI is InChI=1S/C14H19N5S/c1-19(2)12-8-5-7-10(12)16-14-18-17-13(20-14)11-6-3-4-9-15-11/h3-4,6,9-10,12H,5,7-8H2,1-2H3,(H,16,18)/t10-,12-/m0/s1. The van der Waals surface area contributed by atoms with E-state index in [1.807, 2.05) is 18.2 Å².